The summed E-state index contributed by atoms with van der Waals surface area (Å²) in [7, 11) is 0. The quantitative estimate of drug-likeness (QED) is 0.876. The van der Waals surface area contributed by atoms with Gasteiger partial charge >= 0.3 is 5.97 Å². The van der Waals surface area contributed by atoms with E-state index in [4.69, 9.17) is 9.84 Å². The Morgan fingerprint density at radius 1 is 1.41 bits per heavy atom. The van der Waals surface area contributed by atoms with Crippen LogP contribution in [-0.4, -0.2) is 17.7 Å². The van der Waals surface area contributed by atoms with E-state index in [0.29, 0.717) is 12.5 Å². The van der Waals surface area contributed by atoms with E-state index in [-0.39, 0.29) is 11.3 Å². The molecule has 0 radical (unpaired) electrons. The fourth-order valence-electron chi connectivity index (χ4n) is 2.18. The molecular formula is C13H15FO3. The standard InChI is InChI=1S/C13H15FO3/c14-10-5-6-11(13(15)16)12(7-10)17-8-9-3-1-2-4-9/h5-7,9H,1-4,8H2,(H,15,16). The SMILES string of the molecule is O=C(O)c1ccc(F)cc1OCC1CCCC1. The highest BCUT2D eigenvalue weighted by Gasteiger charge is 2.18. The molecule has 1 fully saturated rings. The Morgan fingerprint density at radius 2 is 2.12 bits per heavy atom. The van der Waals surface area contributed by atoms with E-state index in [1.807, 2.05) is 0 Å². The number of ether oxygens (including phenoxy) is 1. The van der Waals surface area contributed by atoms with Crippen molar-refractivity contribution in [1.29, 1.82) is 0 Å². The summed E-state index contributed by atoms with van der Waals surface area (Å²) in [4.78, 5) is 10.9. The van der Waals surface area contributed by atoms with Crippen LogP contribution in [0, 0.1) is 11.7 Å². The minimum atomic E-state index is -1.09. The third-order valence-corrected chi connectivity index (χ3v) is 3.12. The van der Waals surface area contributed by atoms with Crippen LogP contribution >= 0.6 is 0 Å². The van der Waals surface area contributed by atoms with E-state index in [2.05, 4.69) is 0 Å². The van der Waals surface area contributed by atoms with Crippen LogP contribution in [0.1, 0.15) is 36.0 Å². The fourth-order valence-corrected chi connectivity index (χ4v) is 2.18. The number of carboxylic acids is 1. The smallest absolute Gasteiger partial charge is 0.339 e. The third kappa shape index (κ3) is 2.96. The summed E-state index contributed by atoms with van der Waals surface area (Å²) >= 11 is 0. The Balaban J connectivity index is 2.07. The first-order valence-electron chi connectivity index (χ1n) is 5.82. The molecule has 1 aromatic carbocycles. The molecule has 1 aromatic rings. The van der Waals surface area contributed by atoms with Gasteiger partial charge in [0, 0.05) is 6.07 Å². The maximum atomic E-state index is 13.0. The summed E-state index contributed by atoms with van der Waals surface area (Å²) < 4.78 is 18.5. The summed E-state index contributed by atoms with van der Waals surface area (Å²) in [6.07, 6.45) is 4.61. The van der Waals surface area contributed by atoms with Crippen LogP contribution in [0.25, 0.3) is 0 Å². The largest absolute Gasteiger partial charge is 0.492 e. The number of carboxylic acid groups (broad SMARTS) is 1. The number of hydrogen-bond donors (Lipinski definition) is 1. The number of rotatable bonds is 4. The van der Waals surface area contributed by atoms with Crippen molar-refractivity contribution in [3.05, 3.63) is 29.6 Å². The molecule has 1 N–H and O–H groups in total. The highest BCUT2D eigenvalue weighted by atomic mass is 19.1. The first kappa shape index (κ1) is 11.9. The van der Waals surface area contributed by atoms with Crippen LogP contribution < -0.4 is 4.74 Å². The van der Waals surface area contributed by atoms with E-state index < -0.39 is 11.8 Å². The van der Waals surface area contributed by atoms with E-state index in [1.165, 1.54) is 18.9 Å². The number of carbonyl (C=O) groups is 1. The topological polar surface area (TPSA) is 46.5 Å². The molecule has 3 nitrogen and oxygen atoms in total. The molecule has 0 heterocycles. The van der Waals surface area contributed by atoms with Crippen molar-refractivity contribution in [2.75, 3.05) is 6.61 Å². The number of aromatic carboxylic acids is 1. The lowest BCUT2D eigenvalue weighted by molar-refractivity contribution is 0.0691. The van der Waals surface area contributed by atoms with Crippen molar-refractivity contribution < 1.29 is 19.0 Å². The van der Waals surface area contributed by atoms with Gasteiger partial charge in [-0.3, -0.25) is 0 Å². The lowest BCUT2D eigenvalue weighted by Gasteiger charge is -2.13. The predicted molar refractivity (Wildman–Crippen MR) is 60.8 cm³/mol. The minimum Gasteiger partial charge on any atom is -0.492 e. The second-order valence-corrected chi connectivity index (χ2v) is 4.41. The fraction of sp³-hybridized carbons (Fsp3) is 0.462. The van der Waals surface area contributed by atoms with Crippen molar-refractivity contribution in [3.63, 3.8) is 0 Å². The van der Waals surface area contributed by atoms with Gasteiger partial charge in [0.15, 0.2) is 0 Å². The molecule has 1 aliphatic rings. The molecule has 92 valence electrons. The molecule has 4 heteroatoms. The summed E-state index contributed by atoms with van der Waals surface area (Å²) in [5.74, 6) is -0.966. The van der Waals surface area contributed by atoms with E-state index in [9.17, 15) is 9.18 Å². The highest BCUT2D eigenvalue weighted by molar-refractivity contribution is 5.90. The average molecular weight is 238 g/mol. The predicted octanol–water partition coefficient (Wildman–Crippen LogP) is 3.09. The van der Waals surface area contributed by atoms with Crippen LogP contribution in [0.5, 0.6) is 5.75 Å². The first-order valence-corrected chi connectivity index (χ1v) is 5.82. The van der Waals surface area contributed by atoms with E-state index >= 15 is 0 Å². The third-order valence-electron chi connectivity index (χ3n) is 3.12. The summed E-state index contributed by atoms with van der Waals surface area (Å²) in [5, 5.41) is 8.95. The van der Waals surface area contributed by atoms with Gasteiger partial charge in [0.1, 0.15) is 17.1 Å². The van der Waals surface area contributed by atoms with Crippen molar-refractivity contribution in [1.82, 2.24) is 0 Å². The first-order chi connectivity index (χ1) is 8.16. The molecule has 0 bridgehead atoms. The van der Waals surface area contributed by atoms with Crippen LogP contribution in [0.2, 0.25) is 0 Å². The number of benzene rings is 1. The van der Waals surface area contributed by atoms with Crippen LogP contribution in [0.4, 0.5) is 4.39 Å². The second kappa shape index (κ2) is 5.17. The zero-order valence-electron chi connectivity index (χ0n) is 9.49. The lowest BCUT2D eigenvalue weighted by atomic mass is 10.1. The van der Waals surface area contributed by atoms with E-state index in [1.54, 1.807) is 0 Å². The van der Waals surface area contributed by atoms with Crippen LogP contribution in [0.3, 0.4) is 0 Å². The Labute approximate surface area is 99.2 Å². The maximum absolute atomic E-state index is 13.0. The molecule has 0 spiro atoms. The molecule has 0 amide bonds. The lowest BCUT2D eigenvalue weighted by Crippen LogP contribution is -2.11. The van der Waals surface area contributed by atoms with Crippen molar-refractivity contribution >= 4 is 5.97 Å². The molecule has 2 rings (SSSR count). The van der Waals surface area contributed by atoms with Gasteiger partial charge in [-0.05, 0) is 30.9 Å². The average Bonchev–Trinajstić information content (AvgIpc) is 2.78. The van der Waals surface area contributed by atoms with Gasteiger partial charge in [0.05, 0.1) is 6.61 Å². The Morgan fingerprint density at radius 3 is 2.76 bits per heavy atom. The minimum absolute atomic E-state index is 0.0180. The Bertz CT molecular complexity index is 411. The van der Waals surface area contributed by atoms with Gasteiger partial charge < -0.3 is 9.84 Å². The monoisotopic (exact) mass is 238 g/mol. The van der Waals surface area contributed by atoms with Gasteiger partial charge in [0.25, 0.3) is 0 Å². The highest BCUT2D eigenvalue weighted by Crippen LogP contribution is 2.27. The zero-order chi connectivity index (χ0) is 12.3. The van der Waals surface area contributed by atoms with Gasteiger partial charge in [-0.15, -0.1) is 0 Å². The number of hydrogen-bond acceptors (Lipinski definition) is 2. The molecule has 0 unspecified atom stereocenters. The van der Waals surface area contributed by atoms with Gasteiger partial charge in [-0.25, -0.2) is 9.18 Å². The Hall–Kier alpha value is -1.58. The molecule has 1 aliphatic carbocycles. The normalized spacial score (nSPS) is 16.1. The summed E-state index contributed by atoms with van der Waals surface area (Å²) in [6, 6.07) is 3.51. The van der Waals surface area contributed by atoms with Crippen LogP contribution in [0.15, 0.2) is 18.2 Å². The van der Waals surface area contributed by atoms with E-state index in [0.717, 1.165) is 25.0 Å². The number of halogens is 1. The van der Waals surface area contributed by atoms with Crippen molar-refractivity contribution in [2.24, 2.45) is 5.92 Å². The molecule has 0 aromatic heterocycles. The molecule has 17 heavy (non-hydrogen) atoms. The van der Waals surface area contributed by atoms with Crippen molar-refractivity contribution in [2.45, 2.75) is 25.7 Å². The molecule has 1 saturated carbocycles. The second-order valence-electron chi connectivity index (χ2n) is 4.41. The zero-order valence-corrected chi connectivity index (χ0v) is 9.49. The molecular weight excluding hydrogens is 223 g/mol. The molecule has 0 atom stereocenters. The van der Waals surface area contributed by atoms with Crippen LogP contribution in [-0.2, 0) is 0 Å². The van der Waals surface area contributed by atoms with Gasteiger partial charge in [0.2, 0.25) is 0 Å². The van der Waals surface area contributed by atoms with Crippen molar-refractivity contribution in [3.8, 4) is 5.75 Å². The molecule has 0 saturated heterocycles. The summed E-state index contributed by atoms with van der Waals surface area (Å²) in [6.45, 7) is 0.476. The van der Waals surface area contributed by atoms with Gasteiger partial charge in [-0.1, -0.05) is 12.8 Å². The van der Waals surface area contributed by atoms with Gasteiger partial charge in [-0.2, -0.15) is 0 Å². The molecule has 0 aliphatic heterocycles. The maximum Gasteiger partial charge on any atom is 0.339 e. The summed E-state index contributed by atoms with van der Waals surface area (Å²) in [5.41, 5.74) is 0.0180. The Kier molecular flexibility index (Phi) is 3.61.